The lowest BCUT2D eigenvalue weighted by molar-refractivity contribution is 0.102. The highest BCUT2D eigenvalue weighted by atomic mass is 35.5. The highest BCUT2D eigenvalue weighted by Gasteiger charge is 2.07. The van der Waals surface area contributed by atoms with Gasteiger partial charge in [-0.05, 0) is 18.2 Å². The predicted molar refractivity (Wildman–Crippen MR) is 68.0 cm³/mol. The number of carbonyl (C=O) groups is 1. The molecular weight excluding hydrogens is 254 g/mol. The molecule has 0 saturated carbocycles. The molecule has 6 heteroatoms. The average Bonchev–Trinajstić information content (AvgIpc) is 2.39. The Morgan fingerprint density at radius 2 is 2.17 bits per heavy atom. The summed E-state index contributed by atoms with van der Waals surface area (Å²) >= 11 is 5.65. The Balaban J connectivity index is 2.13. The second-order valence-corrected chi connectivity index (χ2v) is 3.80. The first-order valence-corrected chi connectivity index (χ1v) is 5.50. The number of amides is 1. The van der Waals surface area contributed by atoms with Gasteiger partial charge in [0.1, 0.15) is 5.15 Å². The fourth-order valence-electron chi connectivity index (χ4n) is 1.31. The minimum Gasteiger partial charge on any atom is -0.481 e. The van der Waals surface area contributed by atoms with E-state index in [9.17, 15) is 4.79 Å². The molecule has 0 fully saturated rings. The lowest BCUT2D eigenvalue weighted by atomic mass is 10.2. The minimum atomic E-state index is -0.271. The number of anilines is 1. The van der Waals surface area contributed by atoms with Crippen LogP contribution < -0.4 is 10.1 Å². The molecule has 0 bridgehead atoms. The van der Waals surface area contributed by atoms with E-state index >= 15 is 0 Å². The molecule has 0 radical (unpaired) electrons. The van der Waals surface area contributed by atoms with E-state index in [-0.39, 0.29) is 5.91 Å². The van der Waals surface area contributed by atoms with Crippen LogP contribution in [0.2, 0.25) is 5.15 Å². The second kappa shape index (κ2) is 5.46. The number of nitrogens with one attached hydrogen (secondary N) is 1. The van der Waals surface area contributed by atoms with Gasteiger partial charge in [0.15, 0.2) is 0 Å². The van der Waals surface area contributed by atoms with Crippen molar-refractivity contribution in [3.63, 3.8) is 0 Å². The van der Waals surface area contributed by atoms with Crippen LogP contribution in [0, 0.1) is 0 Å². The van der Waals surface area contributed by atoms with Crippen LogP contribution in [0.4, 0.5) is 5.69 Å². The molecule has 2 aromatic rings. The molecule has 0 spiro atoms. The van der Waals surface area contributed by atoms with Gasteiger partial charge in [0, 0.05) is 24.1 Å². The third kappa shape index (κ3) is 2.95. The summed E-state index contributed by atoms with van der Waals surface area (Å²) in [6, 6.07) is 6.46. The number of hydrogen-bond acceptors (Lipinski definition) is 4. The first-order valence-electron chi connectivity index (χ1n) is 5.12. The zero-order valence-electron chi connectivity index (χ0n) is 9.55. The van der Waals surface area contributed by atoms with Crippen molar-refractivity contribution in [1.82, 2.24) is 9.97 Å². The zero-order chi connectivity index (χ0) is 13.0. The molecule has 92 valence electrons. The summed E-state index contributed by atoms with van der Waals surface area (Å²) < 4.78 is 4.97. The molecule has 2 heterocycles. The van der Waals surface area contributed by atoms with Gasteiger partial charge in [0.2, 0.25) is 5.88 Å². The van der Waals surface area contributed by atoms with E-state index in [2.05, 4.69) is 15.3 Å². The molecule has 0 aliphatic rings. The van der Waals surface area contributed by atoms with E-state index < -0.39 is 0 Å². The first-order chi connectivity index (χ1) is 8.69. The van der Waals surface area contributed by atoms with Crippen LogP contribution in [0.3, 0.4) is 0 Å². The van der Waals surface area contributed by atoms with Crippen LogP contribution in [0.5, 0.6) is 5.88 Å². The van der Waals surface area contributed by atoms with Gasteiger partial charge < -0.3 is 10.1 Å². The Bertz CT molecular complexity index is 558. The summed E-state index contributed by atoms with van der Waals surface area (Å²) in [6.07, 6.45) is 2.96. The van der Waals surface area contributed by atoms with Gasteiger partial charge in [0.05, 0.1) is 12.7 Å². The summed E-state index contributed by atoms with van der Waals surface area (Å²) in [4.78, 5) is 19.7. The van der Waals surface area contributed by atoms with E-state index in [4.69, 9.17) is 16.3 Å². The van der Waals surface area contributed by atoms with Gasteiger partial charge in [-0.2, -0.15) is 0 Å². The number of aromatic nitrogens is 2. The molecule has 5 nitrogen and oxygen atoms in total. The van der Waals surface area contributed by atoms with Crippen LogP contribution >= 0.6 is 11.6 Å². The van der Waals surface area contributed by atoms with Crippen LogP contribution in [0.25, 0.3) is 0 Å². The van der Waals surface area contributed by atoms with E-state index in [1.165, 1.54) is 13.3 Å². The Morgan fingerprint density at radius 1 is 1.33 bits per heavy atom. The van der Waals surface area contributed by atoms with Crippen LogP contribution in [-0.4, -0.2) is 23.0 Å². The standard InChI is InChI=1S/C12H10ClN3O2/c1-18-11-6-9(4-5-14-11)16-12(17)8-2-3-10(13)15-7-8/h2-7H,1H3,(H,14,16,17). The maximum Gasteiger partial charge on any atom is 0.257 e. The average molecular weight is 264 g/mol. The molecule has 1 amide bonds. The smallest absolute Gasteiger partial charge is 0.257 e. The third-order valence-electron chi connectivity index (χ3n) is 2.19. The fraction of sp³-hybridized carbons (Fsp3) is 0.0833. The van der Waals surface area contributed by atoms with Gasteiger partial charge in [-0.1, -0.05) is 11.6 Å². The number of pyridine rings is 2. The van der Waals surface area contributed by atoms with Crippen LogP contribution in [-0.2, 0) is 0 Å². The summed E-state index contributed by atoms with van der Waals surface area (Å²) in [5, 5.41) is 3.05. The number of carbonyl (C=O) groups excluding carboxylic acids is 1. The van der Waals surface area contributed by atoms with Gasteiger partial charge in [-0.15, -0.1) is 0 Å². The second-order valence-electron chi connectivity index (χ2n) is 3.41. The van der Waals surface area contributed by atoms with Crippen molar-refractivity contribution in [2.45, 2.75) is 0 Å². The molecule has 18 heavy (non-hydrogen) atoms. The maximum atomic E-state index is 11.9. The lowest BCUT2D eigenvalue weighted by Gasteiger charge is -2.06. The van der Waals surface area contributed by atoms with Crippen molar-refractivity contribution in [1.29, 1.82) is 0 Å². The number of nitrogens with zero attached hydrogens (tertiary/aromatic N) is 2. The SMILES string of the molecule is COc1cc(NC(=O)c2ccc(Cl)nc2)ccn1. The molecule has 0 unspecified atom stereocenters. The Morgan fingerprint density at radius 3 is 2.83 bits per heavy atom. The van der Waals surface area contributed by atoms with E-state index in [0.29, 0.717) is 22.3 Å². The van der Waals surface area contributed by atoms with Crippen molar-refractivity contribution in [3.8, 4) is 5.88 Å². The quantitative estimate of drug-likeness (QED) is 0.864. The minimum absolute atomic E-state index is 0.271. The monoisotopic (exact) mass is 263 g/mol. The number of methoxy groups -OCH3 is 1. The summed E-state index contributed by atoms with van der Waals surface area (Å²) in [6.45, 7) is 0. The van der Waals surface area contributed by atoms with Crippen molar-refractivity contribution >= 4 is 23.2 Å². The van der Waals surface area contributed by atoms with E-state index in [1.54, 1.807) is 30.5 Å². The highest BCUT2D eigenvalue weighted by molar-refractivity contribution is 6.29. The topological polar surface area (TPSA) is 64.1 Å². The summed E-state index contributed by atoms with van der Waals surface area (Å²) in [7, 11) is 1.51. The molecular formula is C12H10ClN3O2. The van der Waals surface area contributed by atoms with Gasteiger partial charge in [-0.3, -0.25) is 4.79 Å². The van der Waals surface area contributed by atoms with Crippen LogP contribution in [0.15, 0.2) is 36.7 Å². The fourth-order valence-corrected chi connectivity index (χ4v) is 1.42. The van der Waals surface area contributed by atoms with Gasteiger partial charge in [0.25, 0.3) is 5.91 Å². The first kappa shape index (κ1) is 12.3. The van der Waals surface area contributed by atoms with Crippen LogP contribution in [0.1, 0.15) is 10.4 Å². The normalized spacial score (nSPS) is 9.89. The number of hydrogen-bond donors (Lipinski definition) is 1. The molecule has 0 aromatic carbocycles. The maximum absolute atomic E-state index is 11.9. The third-order valence-corrected chi connectivity index (χ3v) is 2.42. The van der Waals surface area contributed by atoms with Gasteiger partial charge in [-0.25, -0.2) is 9.97 Å². The molecule has 0 aliphatic carbocycles. The predicted octanol–water partition coefficient (Wildman–Crippen LogP) is 2.39. The number of ether oxygens (including phenoxy) is 1. The van der Waals surface area contributed by atoms with E-state index in [0.717, 1.165) is 0 Å². The van der Waals surface area contributed by atoms with E-state index in [1.807, 2.05) is 0 Å². The Kier molecular flexibility index (Phi) is 3.74. The molecule has 2 rings (SSSR count). The van der Waals surface area contributed by atoms with Gasteiger partial charge >= 0.3 is 0 Å². The Hall–Kier alpha value is -2.14. The molecule has 0 saturated heterocycles. The van der Waals surface area contributed by atoms with Crippen molar-refractivity contribution in [3.05, 3.63) is 47.4 Å². The van der Waals surface area contributed by atoms with Crippen molar-refractivity contribution < 1.29 is 9.53 Å². The highest BCUT2D eigenvalue weighted by Crippen LogP contribution is 2.14. The summed E-state index contributed by atoms with van der Waals surface area (Å²) in [5.41, 5.74) is 1.02. The molecule has 0 atom stereocenters. The largest absolute Gasteiger partial charge is 0.481 e. The van der Waals surface area contributed by atoms with Crippen molar-refractivity contribution in [2.75, 3.05) is 12.4 Å². The number of rotatable bonds is 3. The lowest BCUT2D eigenvalue weighted by Crippen LogP contribution is -2.12. The Labute approximate surface area is 109 Å². The molecule has 0 aliphatic heterocycles. The summed E-state index contributed by atoms with van der Waals surface area (Å²) in [5.74, 6) is 0.162. The molecule has 1 N–H and O–H groups in total. The number of halogens is 1. The zero-order valence-corrected chi connectivity index (χ0v) is 10.3. The van der Waals surface area contributed by atoms with Crippen molar-refractivity contribution in [2.24, 2.45) is 0 Å². The molecule has 2 aromatic heterocycles.